The molecular formula is C45H51N3O10. The highest BCUT2D eigenvalue weighted by atomic mass is 16.8. The summed E-state index contributed by atoms with van der Waals surface area (Å²) in [6, 6.07) is 20.9. The molecule has 0 saturated carbocycles. The first-order chi connectivity index (χ1) is 27.6. The molecule has 13 heteroatoms. The zero-order valence-electron chi connectivity index (χ0n) is 33.5. The van der Waals surface area contributed by atoms with Crippen LogP contribution in [0.1, 0.15) is 83.0 Å². The Morgan fingerprint density at radius 1 is 0.948 bits per heavy atom. The summed E-state index contributed by atoms with van der Waals surface area (Å²) in [4.78, 5) is 66.6. The zero-order chi connectivity index (χ0) is 41.6. The van der Waals surface area contributed by atoms with Gasteiger partial charge in [0.25, 0.3) is 5.91 Å². The first-order valence-electron chi connectivity index (χ1n) is 19.4. The average molecular weight is 794 g/mol. The van der Waals surface area contributed by atoms with E-state index in [4.69, 9.17) is 18.9 Å². The van der Waals surface area contributed by atoms with Gasteiger partial charge in [0.05, 0.1) is 18.2 Å². The summed E-state index contributed by atoms with van der Waals surface area (Å²) in [6.45, 7) is 5.03. The number of likely N-dealkylation sites (N-methyl/N-ethyl adjacent to an activating group) is 1. The minimum Gasteiger partial charge on any atom is -0.460 e. The van der Waals surface area contributed by atoms with Crippen molar-refractivity contribution in [1.82, 2.24) is 15.5 Å². The number of nitrogens with one attached hydrogen (secondary N) is 2. The summed E-state index contributed by atoms with van der Waals surface area (Å²) in [5.41, 5.74) is 3.63. The predicted molar refractivity (Wildman–Crippen MR) is 214 cm³/mol. The molecule has 1 heterocycles. The van der Waals surface area contributed by atoms with Crippen molar-refractivity contribution in [2.75, 3.05) is 20.7 Å². The number of benzene rings is 3. The van der Waals surface area contributed by atoms with E-state index in [-0.39, 0.29) is 43.9 Å². The van der Waals surface area contributed by atoms with Crippen molar-refractivity contribution < 1.29 is 48.0 Å². The lowest BCUT2D eigenvalue weighted by Gasteiger charge is -2.30. The Morgan fingerprint density at radius 3 is 2.34 bits per heavy atom. The van der Waals surface area contributed by atoms with Gasteiger partial charge in [-0.05, 0) is 79.8 Å². The van der Waals surface area contributed by atoms with Gasteiger partial charge in [0.15, 0.2) is 5.79 Å². The quantitative estimate of drug-likeness (QED) is 0.166. The third-order valence-electron chi connectivity index (χ3n) is 10.1. The number of carbonyl (C=O) groups excluding carboxylic acids is 5. The van der Waals surface area contributed by atoms with Crippen molar-refractivity contribution in [3.8, 4) is 0 Å². The lowest BCUT2D eigenvalue weighted by Crippen LogP contribution is -2.43. The summed E-state index contributed by atoms with van der Waals surface area (Å²) >= 11 is 0. The van der Waals surface area contributed by atoms with Gasteiger partial charge in [-0.3, -0.25) is 19.2 Å². The van der Waals surface area contributed by atoms with Crippen LogP contribution in [0, 0.1) is 0 Å². The maximum atomic E-state index is 13.8. The summed E-state index contributed by atoms with van der Waals surface area (Å²) < 4.78 is 24.7. The molecule has 3 N–H and O–H groups in total. The predicted octanol–water partition coefficient (Wildman–Crippen LogP) is 4.45. The molecule has 1 spiro atoms. The van der Waals surface area contributed by atoms with Crippen LogP contribution in [-0.2, 0) is 52.7 Å². The molecule has 13 nitrogen and oxygen atoms in total. The molecule has 1 aliphatic heterocycles. The van der Waals surface area contributed by atoms with Crippen LogP contribution in [0.15, 0.2) is 90.5 Å². The first kappa shape index (κ1) is 42.0. The lowest BCUT2D eigenvalue weighted by atomic mass is 9.91. The third-order valence-corrected chi connectivity index (χ3v) is 10.1. The normalized spacial score (nSPS) is 19.8. The Labute approximate surface area is 338 Å². The second-order valence-electron chi connectivity index (χ2n) is 16.1. The molecule has 6 rings (SSSR count). The molecule has 0 radical (unpaired) electrons. The van der Waals surface area contributed by atoms with Gasteiger partial charge in [0, 0.05) is 63.5 Å². The van der Waals surface area contributed by atoms with Crippen LogP contribution >= 0.6 is 0 Å². The Bertz CT molecular complexity index is 2080. The molecule has 1 fully saturated rings. The first-order valence-corrected chi connectivity index (χ1v) is 19.4. The molecule has 3 aromatic carbocycles. The van der Waals surface area contributed by atoms with E-state index in [1.54, 1.807) is 95.5 Å². The minimum absolute atomic E-state index is 0.0298. The van der Waals surface area contributed by atoms with Gasteiger partial charge in [0.2, 0.25) is 11.8 Å². The molecule has 4 atom stereocenters. The van der Waals surface area contributed by atoms with Crippen LogP contribution in [-0.4, -0.2) is 96.1 Å². The number of aliphatic hydroxyl groups excluding tert-OH is 1. The van der Waals surface area contributed by atoms with Crippen LogP contribution in [0.3, 0.4) is 0 Å². The smallest absolute Gasteiger partial charge is 0.339 e. The number of hydrogen-bond donors (Lipinski definition) is 3. The highest BCUT2D eigenvalue weighted by Crippen LogP contribution is 2.45. The van der Waals surface area contributed by atoms with Gasteiger partial charge in [-0.1, -0.05) is 54.6 Å². The number of rotatable bonds is 13. The summed E-state index contributed by atoms with van der Waals surface area (Å²) in [7, 11) is 3.27. The Morgan fingerprint density at radius 2 is 1.66 bits per heavy atom. The molecule has 3 aromatic rings. The Kier molecular flexibility index (Phi) is 12.9. The van der Waals surface area contributed by atoms with Crippen molar-refractivity contribution >= 4 is 35.7 Å². The van der Waals surface area contributed by atoms with Gasteiger partial charge in [-0.2, -0.15) is 0 Å². The topological polar surface area (TPSA) is 170 Å². The fourth-order valence-corrected chi connectivity index (χ4v) is 7.28. The maximum absolute atomic E-state index is 13.8. The van der Waals surface area contributed by atoms with Gasteiger partial charge in [-0.15, -0.1) is 0 Å². The van der Waals surface area contributed by atoms with E-state index in [1.165, 1.54) is 11.0 Å². The largest absolute Gasteiger partial charge is 0.460 e. The van der Waals surface area contributed by atoms with E-state index in [1.807, 2.05) is 24.3 Å². The van der Waals surface area contributed by atoms with Gasteiger partial charge < -0.3 is 39.6 Å². The van der Waals surface area contributed by atoms with E-state index in [9.17, 15) is 29.1 Å². The number of ether oxygens (including phenoxy) is 4. The fraction of sp³-hybridized carbons (Fsp3) is 0.400. The minimum atomic E-state index is -0.981. The maximum Gasteiger partial charge on any atom is 0.339 e. The number of hydrogen-bond acceptors (Lipinski definition) is 10. The van der Waals surface area contributed by atoms with Crippen molar-refractivity contribution in [2.24, 2.45) is 0 Å². The highest BCUT2D eigenvalue weighted by molar-refractivity contribution is 5.98. The van der Waals surface area contributed by atoms with E-state index in [0.717, 1.165) is 11.1 Å². The third kappa shape index (κ3) is 10.5. The highest BCUT2D eigenvalue weighted by Gasteiger charge is 2.55. The second-order valence-corrected chi connectivity index (χ2v) is 16.1. The second kappa shape index (κ2) is 17.9. The molecule has 1 saturated heterocycles. The molecule has 2 aliphatic carbocycles. The Balaban J connectivity index is 1.14. The molecule has 3 amide bonds. The average Bonchev–Trinajstić information content (AvgIpc) is 3.74. The molecule has 0 unspecified atom stereocenters. The number of aliphatic hydroxyl groups is 1. The molecule has 0 aromatic heterocycles. The number of amides is 3. The number of esters is 2. The van der Waals surface area contributed by atoms with Crippen molar-refractivity contribution in [2.45, 2.75) is 95.2 Å². The van der Waals surface area contributed by atoms with E-state index in [0.29, 0.717) is 35.1 Å². The zero-order valence-corrected chi connectivity index (χ0v) is 33.5. The monoisotopic (exact) mass is 793 g/mol. The lowest BCUT2D eigenvalue weighted by molar-refractivity contribution is -0.172. The molecule has 3 aliphatic rings. The van der Waals surface area contributed by atoms with E-state index in [2.05, 4.69) is 10.6 Å². The summed E-state index contributed by atoms with van der Waals surface area (Å²) in [5, 5.41) is 15.6. The number of fused-ring (bicyclic) bond motifs is 2. The van der Waals surface area contributed by atoms with E-state index >= 15 is 0 Å². The standard InChI is InChI=1S/C45H51N3O10/c1-44(2,3)57-39(51)20-18-34(27-49)47-42(53)30-15-10-11-28(21-30)26-46-41(52)33-22-36(55-43(54)35-16-9-8-12-29(35)17-19-38(50)48(4)5)40-37(23-33)56-45(58-40)24-31-13-6-7-14-32(31)25-45/h6-17,19,21,23,34,36-37,40,49H,18,20,22,24-27H2,1-5H3,(H,46,52)(H,47,53)/t34-,36+,37+,40-/m0/s1. The van der Waals surface area contributed by atoms with Gasteiger partial charge in [0.1, 0.15) is 23.9 Å². The molecule has 306 valence electrons. The van der Waals surface area contributed by atoms with Crippen LogP contribution in [0.25, 0.3) is 6.08 Å². The molecule has 58 heavy (non-hydrogen) atoms. The van der Waals surface area contributed by atoms with Gasteiger partial charge >= 0.3 is 11.9 Å². The Hall–Kier alpha value is -5.63. The summed E-state index contributed by atoms with van der Waals surface area (Å²) in [6.07, 6.45) is 3.73. The van der Waals surface area contributed by atoms with Crippen molar-refractivity contribution in [1.29, 1.82) is 0 Å². The SMILES string of the molecule is CN(C)C(=O)C=Cc1ccccc1C(=O)O[C@@H]1CC(C(=O)NCc2cccc(C(=O)N[C@H](CO)CCC(=O)OC(C)(C)C)c2)=C[C@H]2OC3(Cc4ccccc4C3)O[C@H]21. The fourth-order valence-electron chi connectivity index (χ4n) is 7.28. The van der Waals surface area contributed by atoms with Crippen LogP contribution in [0.5, 0.6) is 0 Å². The van der Waals surface area contributed by atoms with Gasteiger partial charge in [-0.25, -0.2) is 4.79 Å². The van der Waals surface area contributed by atoms with Crippen LogP contribution in [0.2, 0.25) is 0 Å². The molecular weight excluding hydrogens is 743 g/mol. The van der Waals surface area contributed by atoms with Crippen LogP contribution in [0.4, 0.5) is 0 Å². The number of carbonyl (C=O) groups is 5. The summed E-state index contributed by atoms with van der Waals surface area (Å²) in [5.74, 6) is -3.12. The van der Waals surface area contributed by atoms with Crippen molar-refractivity contribution in [3.05, 3.63) is 124 Å². The van der Waals surface area contributed by atoms with E-state index < -0.39 is 59.5 Å². The van der Waals surface area contributed by atoms with Crippen LogP contribution < -0.4 is 10.6 Å². The number of nitrogens with zero attached hydrogens (tertiary/aromatic N) is 1. The molecule has 0 bridgehead atoms. The van der Waals surface area contributed by atoms with Crippen molar-refractivity contribution in [3.63, 3.8) is 0 Å².